The highest BCUT2D eigenvalue weighted by atomic mass is 35.5. The molecule has 0 atom stereocenters. The lowest BCUT2D eigenvalue weighted by molar-refractivity contribution is 0.102. The van der Waals surface area contributed by atoms with E-state index >= 15 is 0 Å². The Morgan fingerprint density at radius 1 is 1.00 bits per heavy atom. The second-order valence-corrected chi connectivity index (χ2v) is 5.31. The van der Waals surface area contributed by atoms with Gasteiger partial charge in [-0.15, -0.1) is 12.4 Å². The summed E-state index contributed by atoms with van der Waals surface area (Å²) in [5.74, 6) is 1.08. The van der Waals surface area contributed by atoms with Crippen LogP contribution in [0.1, 0.15) is 22.8 Å². The number of halogens is 1. The molecule has 0 aliphatic heterocycles. The number of hydrogen-bond donors (Lipinski definition) is 2. The number of methoxy groups -OCH3 is 3. The molecular formula is C19H25ClN2O4. The highest BCUT2D eigenvalue weighted by Gasteiger charge is 2.17. The van der Waals surface area contributed by atoms with Crippen LogP contribution in [0.3, 0.4) is 0 Å². The molecule has 2 aromatic rings. The standard InChI is InChI=1S/C19H24N2O4.ClH/c1-5-20-12-13-8-6-7-9-15(13)21-19(22)14-10-16(23-2)18(25-4)17(11-14)24-3;/h6-11,20H,5,12H2,1-4H3,(H,21,22);1H. The van der Waals surface area contributed by atoms with Crippen molar-refractivity contribution in [1.29, 1.82) is 0 Å². The molecule has 7 heteroatoms. The molecule has 0 heterocycles. The molecule has 2 N–H and O–H groups in total. The van der Waals surface area contributed by atoms with E-state index in [1.54, 1.807) is 12.1 Å². The van der Waals surface area contributed by atoms with Gasteiger partial charge in [-0.1, -0.05) is 25.1 Å². The van der Waals surface area contributed by atoms with Crippen LogP contribution in [-0.2, 0) is 6.54 Å². The lowest BCUT2D eigenvalue weighted by atomic mass is 10.1. The van der Waals surface area contributed by atoms with Gasteiger partial charge in [0, 0.05) is 17.8 Å². The lowest BCUT2D eigenvalue weighted by Gasteiger charge is -2.15. The summed E-state index contributed by atoms with van der Waals surface area (Å²) in [6, 6.07) is 10.9. The van der Waals surface area contributed by atoms with E-state index in [1.165, 1.54) is 21.3 Å². The van der Waals surface area contributed by atoms with E-state index in [2.05, 4.69) is 10.6 Å². The van der Waals surface area contributed by atoms with Crippen molar-refractivity contribution in [3.63, 3.8) is 0 Å². The molecule has 0 unspecified atom stereocenters. The molecule has 2 rings (SSSR count). The molecular weight excluding hydrogens is 356 g/mol. The minimum atomic E-state index is -0.247. The Morgan fingerprint density at radius 2 is 1.62 bits per heavy atom. The van der Waals surface area contributed by atoms with Gasteiger partial charge in [0.25, 0.3) is 5.91 Å². The Labute approximate surface area is 160 Å². The molecule has 0 aliphatic rings. The zero-order valence-corrected chi connectivity index (χ0v) is 16.2. The second kappa shape index (κ2) is 10.5. The molecule has 0 aromatic heterocycles. The van der Waals surface area contributed by atoms with E-state index in [0.717, 1.165) is 17.8 Å². The van der Waals surface area contributed by atoms with E-state index in [1.807, 2.05) is 31.2 Å². The number of ether oxygens (including phenoxy) is 3. The number of nitrogens with one attached hydrogen (secondary N) is 2. The molecule has 0 radical (unpaired) electrons. The first-order chi connectivity index (χ1) is 12.1. The van der Waals surface area contributed by atoms with Crippen LogP contribution >= 0.6 is 12.4 Å². The number of hydrogen-bond acceptors (Lipinski definition) is 5. The fourth-order valence-corrected chi connectivity index (χ4v) is 2.46. The molecule has 0 aliphatic carbocycles. The Morgan fingerprint density at radius 3 is 2.15 bits per heavy atom. The summed E-state index contributed by atoms with van der Waals surface area (Å²) in [6.07, 6.45) is 0. The molecule has 0 saturated carbocycles. The van der Waals surface area contributed by atoms with E-state index in [9.17, 15) is 4.79 Å². The number of carbonyl (C=O) groups excluding carboxylic acids is 1. The fraction of sp³-hybridized carbons (Fsp3) is 0.316. The molecule has 0 spiro atoms. The van der Waals surface area contributed by atoms with Crippen LogP contribution in [0, 0.1) is 0 Å². The first-order valence-corrected chi connectivity index (χ1v) is 8.04. The van der Waals surface area contributed by atoms with Gasteiger partial charge in [0.2, 0.25) is 5.75 Å². The maximum absolute atomic E-state index is 12.7. The summed E-state index contributed by atoms with van der Waals surface area (Å²) in [7, 11) is 4.56. The lowest BCUT2D eigenvalue weighted by Crippen LogP contribution is -2.17. The normalized spacial score (nSPS) is 9.85. The predicted molar refractivity (Wildman–Crippen MR) is 105 cm³/mol. The van der Waals surface area contributed by atoms with Gasteiger partial charge in [-0.2, -0.15) is 0 Å². The average Bonchev–Trinajstić information content (AvgIpc) is 2.65. The maximum atomic E-state index is 12.7. The quantitative estimate of drug-likeness (QED) is 0.733. The number of amides is 1. The molecule has 6 nitrogen and oxygen atoms in total. The van der Waals surface area contributed by atoms with Crippen molar-refractivity contribution in [2.45, 2.75) is 13.5 Å². The van der Waals surface area contributed by atoms with Gasteiger partial charge in [0.15, 0.2) is 11.5 Å². The van der Waals surface area contributed by atoms with Crippen LogP contribution in [0.4, 0.5) is 5.69 Å². The van der Waals surface area contributed by atoms with Crippen molar-refractivity contribution in [3.8, 4) is 17.2 Å². The predicted octanol–water partition coefficient (Wildman–Crippen LogP) is 3.50. The number of carbonyl (C=O) groups is 1. The van der Waals surface area contributed by atoms with E-state index in [-0.39, 0.29) is 18.3 Å². The summed E-state index contributed by atoms with van der Waals surface area (Å²) in [5, 5.41) is 6.21. The van der Waals surface area contributed by atoms with Crippen LogP contribution < -0.4 is 24.8 Å². The zero-order chi connectivity index (χ0) is 18.2. The summed E-state index contributed by atoms with van der Waals surface area (Å²) >= 11 is 0. The minimum Gasteiger partial charge on any atom is -0.493 e. The smallest absolute Gasteiger partial charge is 0.255 e. The fourth-order valence-electron chi connectivity index (χ4n) is 2.46. The van der Waals surface area contributed by atoms with Crippen LogP contribution in [0.25, 0.3) is 0 Å². The Bertz CT molecular complexity index is 712. The minimum absolute atomic E-state index is 0. The van der Waals surface area contributed by atoms with Gasteiger partial charge in [-0.3, -0.25) is 4.79 Å². The maximum Gasteiger partial charge on any atom is 0.255 e. The van der Waals surface area contributed by atoms with Gasteiger partial charge >= 0.3 is 0 Å². The largest absolute Gasteiger partial charge is 0.493 e. The van der Waals surface area contributed by atoms with E-state index < -0.39 is 0 Å². The average molecular weight is 381 g/mol. The topological polar surface area (TPSA) is 68.8 Å². The third-order valence-electron chi connectivity index (χ3n) is 3.76. The molecule has 1 amide bonds. The van der Waals surface area contributed by atoms with Gasteiger partial charge in [-0.05, 0) is 30.3 Å². The third-order valence-corrected chi connectivity index (χ3v) is 3.76. The summed E-state index contributed by atoms with van der Waals surface area (Å²) in [6.45, 7) is 3.58. The van der Waals surface area contributed by atoms with E-state index in [0.29, 0.717) is 29.4 Å². The van der Waals surface area contributed by atoms with Gasteiger partial charge in [0.05, 0.1) is 21.3 Å². The molecule has 0 fully saturated rings. The molecule has 0 bridgehead atoms. The number of rotatable bonds is 8. The zero-order valence-electron chi connectivity index (χ0n) is 15.4. The van der Waals surface area contributed by atoms with Crippen molar-refractivity contribution in [2.24, 2.45) is 0 Å². The van der Waals surface area contributed by atoms with Crippen molar-refractivity contribution in [2.75, 3.05) is 33.2 Å². The van der Waals surface area contributed by atoms with E-state index in [4.69, 9.17) is 14.2 Å². The first-order valence-electron chi connectivity index (χ1n) is 8.04. The molecule has 2 aromatic carbocycles. The van der Waals surface area contributed by atoms with Crippen molar-refractivity contribution < 1.29 is 19.0 Å². The molecule has 0 saturated heterocycles. The number of benzene rings is 2. The monoisotopic (exact) mass is 380 g/mol. The number of para-hydroxylation sites is 1. The van der Waals surface area contributed by atoms with Gasteiger partial charge in [-0.25, -0.2) is 0 Å². The van der Waals surface area contributed by atoms with Crippen molar-refractivity contribution in [3.05, 3.63) is 47.5 Å². The Balaban J connectivity index is 0.00000338. The molecule has 142 valence electrons. The highest BCUT2D eigenvalue weighted by molar-refractivity contribution is 6.05. The first kappa shape index (κ1) is 21.6. The summed E-state index contributed by atoms with van der Waals surface area (Å²) < 4.78 is 15.9. The van der Waals surface area contributed by atoms with Crippen molar-refractivity contribution >= 4 is 24.0 Å². The van der Waals surface area contributed by atoms with Crippen LogP contribution in [0.5, 0.6) is 17.2 Å². The Kier molecular flexibility index (Phi) is 8.75. The van der Waals surface area contributed by atoms with Crippen molar-refractivity contribution in [1.82, 2.24) is 5.32 Å². The summed E-state index contributed by atoms with van der Waals surface area (Å²) in [4.78, 5) is 12.7. The second-order valence-electron chi connectivity index (χ2n) is 5.31. The number of anilines is 1. The summed E-state index contributed by atoms with van der Waals surface area (Å²) in [5.41, 5.74) is 2.21. The van der Waals surface area contributed by atoms with Gasteiger partial charge in [0.1, 0.15) is 0 Å². The van der Waals surface area contributed by atoms with Crippen LogP contribution in [0.2, 0.25) is 0 Å². The SMILES string of the molecule is CCNCc1ccccc1NC(=O)c1cc(OC)c(OC)c(OC)c1.Cl. The molecule has 26 heavy (non-hydrogen) atoms. The third kappa shape index (κ3) is 5.03. The Hall–Kier alpha value is -2.44. The van der Waals surface area contributed by atoms with Crippen LogP contribution in [0.15, 0.2) is 36.4 Å². The van der Waals surface area contributed by atoms with Gasteiger partial charge < -0.3 is 24.8 Å². The highest BCUT2D eigenvalue weighted by Crippen LogP contribution is 2.38. The van der Waals surface area contributed by atoms with Crippen LogP contribution in [-0.4, -0.2) is 33.8 Å².